The first kappa shape index (κ1) is 18.1. The van der Waals surface area contributed by atoms with E-state index < -0.39 is 29.4 Å². The number of rotatable bonds is 9. The lowest BCUT2D eigenvalue weighted by atomic mass is 9.91. The summed E-state index contributed by atoms with van der Waals surface area (Å²) >= 11 is 0. The first-order valence-electron chi connectivity index (χ1n) is 8.50. The first-order chi connectivity index (χ1) is 10.9. The molecule has 6 heteroatoms. The lowest BCUT2D eigenvalue weighted by Crippen LogP contribution is -2.52. The largest absolute Gasteiger partial charge is 0.387 e. The fraction of sp³-hybridized carbons (Fsp3) is 0.765. The second-order valence-corrected chi connectivity index (χ2v) is 6.54. The number of ketones is 1. The lowest BCUT2D eigenvalue weighted by molar-refractivity contribution is -0.153. The third kappa shape index (κ3) is 4.00. The van der Waals surface area contributed by atoms with Crippen molar-refractivity contribution in [1.82, 2.24) is 5.32 Å². The predicted molar refractivity (Wildman–Crippen MR) is 84.7 cm³/mol. The summed E-state index contributed by atoms with van der Waals surface area (Å²) in [5.74, 6) is -1.65. The van der Waals surface area contributed by atoms with Gasteiger partial charge < -0.3 is 20.3 Å². The lowest BCUT2D eigenvalue weighted by Gasteiger charge is -2.20. The van der Waals surface area contributed by atoms with E-state index in [0.29, 0.717) is 0 Å². The van der Waals surface area contributed by atoms with E-state index in [-0.39, 0.29) is 12.2 Å². The molecule has 0 aliphatic carbocycles. The van der Waals surface area contributed by atoms with E-state index >= 15 is 0 Å². The number of unbranched alkanes of at least 4 members (excludes halogenated alkanes) is 4. The summed E-state index contributed by atoms with van der Waals surface area (Å²) in [7, 11) is 0. The predicted octanol–water partition coefficient (Wildman–Crippen LogP) is 0.850. The molecule has 130 valence electrons. The minimum atomic E-state index is -2.39. The Bertz CT molecular complexity index is 478. The minimum absolute atomic E-state index is 0.122. The van der Waals surface area contributed by atoms with Gasteiger partial charge in [-0.2, -0.15) is 0 Å². The molecule has 0 aromatic rings. The molecule has 2 aliphatic rings. The van der Waals surface area contributed by atoms with Gasteiger partial charge in [-0.25, -0.2) is 0 Å². The highest BCUT2D eigenvalue weighted by Gasteiger charge is 2.56. The van der Waals surface area contributed by atoms with Crippen LogP contribution in [-0.2, 0) is 14.3 Å². The van der Waals surface area contributed by atoms with E-state index in [1.54, 1.807) is 6.08 Å². The molecule has 0 spiro atoms. The molecule has 2 fully saturated rings. The van der Waals surface area contributed by atoms with Gasteiger partial charge >= 0.3 is 0 Å². The van der Waals surface area contributed by atoms with Gasteiger partial charge in [0.05, 0.1) is 12.1 Å². The van der Waals surface area contributed by atoms with Gasteiger partial charge in [0.25, 0.3) is 5.91 Å². The molecule has 0 radical (unpaired) electrons. The van der Waals surface area contributed by atoms with Crippen LogP contribution in [-0.4, -0.2) is 51.9 Å². The van der Waals surface area contributed by atoms with Crippen LogP contribution in [0.5, 0.6) is 0 Å². The van der Waals surface area contributed by atoms with Crippen molar-refractivity contribution in [2.45, 2.75) is 82.3 Å². The Labute approximate surface area is 136 Å². The highest BCUT2D eigenvalue weighted by atomic mass is 16.6. The maximum absolute atomic E-state index is 12.1. The molecular formula is C17H27NO5. The SMILES string of the molecule is CCCCCCC[C@H]1O[C@@H]1/C=C/C(=O)[C@]1(O)C(=O)N[C@@H](C)[C@@H]1O. The number of amides is 1. The second kappa shape index (κ2) is 7.55. The Hall–Kier alpha value is -1.24. The van der Waals surface area contributed by atoms with Crippen molar-refractivity contribution in [3.05, 3.63) is 12.2 Å². The number of carbonyl (C=O) groups excluding carboxylic acids is 2. The molecule has 2 rings (SSSR count). The minimum Gasteiger partial charge on any atom is -0.387 e. The fourth-order valence-electron chi connectivity index (χ4n) is 2.97. The Morgan fingerprint density at radius 3 is 2.65 bits per heavy atom. The number of nitrogens with one attached hydrogen (secondary N) is 1. The van der Waals surface area contributed by atoms with Gasteiger partial charge in [0.1, 0.15) is 12.2 Å². The molecular weight excluding hydrogens is 298 g/mol. The third-order valence-electron chi connectivity index (χ3n) is 4.63. The second-order valence-electron chi connectivity index (χ2n) is 6.54. The molecule has 0 bridgehead atoms. The number of epoxide rings is 1. The van der Waals surface area contributed by atoms with Crippen LogP contribution in [0.3, 0.4) is 0 Å². The Morgan fingerprint density at radius 1 is 1.35 bits per heavy atom. The maximum atomic E-state index is 12.1. The highest BCUT2D eigenvalue weighted by Crippen LogP contribution is 2.29. The molecule has 2 heterocycles. The third-order valence-corrected chi connectivity index (χ3v) is 4.63. The summed E-state index contributed by atoms with van der Waals surface area (Å²) in [6, 6.07) is -0.655. The van der Waals surface area contributed by atoms with Crippen molar-refractivity contribution in [3.8, 4) is 0 Å². The highest BCUT2D eigenvalue weighted by molar-refractivity contribution is 6.16. The zero-order chi connectivity index (χ0) is 17.0. The molecule has 0 unspecified atom stereocenters. The number of ether oxygens (including phenoxy) is 1. The van der Waals surface area contributed by atoms with Crippen molar-refractivity contribution in [3.63, 3.8) is 0 Å². The summed E-state index contributed by atoms with van der Waals surface area (Å²) in [4.78, 5) is 23.8. The zero-order valence-corrected chi connectivity index (χ0v) is 13.8. The Morgan fingerprint density at radius 2 is 2.04 bits per heavy atom. The monoisotopic (exact) mass is 325 g/mol. The van der Waals surface area contributed by atoms with Crippen molar-refractivity contribution in [1.29, 1.82) is 0 Å². The van der Waals surface area contributed by atoms with Crippen molar-refractivity contribution >= 4 is 11.7 Å². The van der Waals surface area contributed by atoms with Gasteiger partial charge in [-0.05, 0) is 25.5 Å². The molecule has 5 atom stereocenters. The van der Waals surface area contributed by atoms with Gasteiger partial charge in [0, 0.05) is 0 Å². The summed E-state index contributed by atoms with van der Waals surface area (Å²) in [6.45, 7) is 3.72. The molecule has 1 amide bonds. The van der Waals surface area contributed by atoms with E-state index in [9.17, 15) is 19.8 Å². The molecule has 3 N–H and O–H groups in total. The van der Waals surface area contributed by atoms with E-state index in [0.717, 1.165) is 18.9 Å². The van der Waals surface area contributed by atoms with Crippen LogP contribution in [0.25, 0.3) is 0 Å². The maximum Gasteiger partial charge on any atom is 0.263 e. The van der Waals surface area contributed by atoms with E-state index in [1.807, 2.05) is 0 Å². The van der Waals surface area contributed by atoms with Gasteiger partial charge in [-0.1, -0.05) is 39.0 Å². The number of aliphatic hydroxyl groups excluding tert-OH is 1. The number of hydrogen-bond donors (Lipinski definition) is 3. The van der Waals surface area contributed by atoms with Crippen molar-refractivity contribution in [2.75, 3.05) is 0 Å². The summed E-state index contributed by atoms with van der Waals surface area (Å²) in [5.41, 5.74) is -2.39. The smallest absolute Gasteiger partial charge is 0.263 e. The molecule has 0 aromatic heterocycles. The van der Waals surface area contributed by atoms with Crippen molar-refractivity contribution in [2.24, 2.45) is 0 Å². The van der Waals surface area contributed by atoms with Crippen LogP contribution in [0.15, 0.2) is 12.2 Å². The summed E-state index contributed by atoms with van der Waals surface area (Å²) in [5, 5.41) is 22.4. The van der Waals surface area contributed by atoms with Crippen LogP contribution in [0.4, 0.5) is 0 Å². The first-order valence-corrected chi connectivity index (χ1v) is 8.50. The molecule has 23 heavy (non-hydrogen) atoms. The van der Waals surface area contributed by atoms with Gasteiger partial charge in [-0.3, -0.25) is 9.59 Å². The van der Waals surface area contributed by atoms with E-state index in [4.69, 9.17) is 4.74 Å². The standard InChI is InChI=1S/C17H27NO5/c1-3-4-5-6-7-8-12-13(23-12)9-10-14(19)17(22)15(20)11(2)18-16(17)21/h9-13,15,20,22H,3-8H2,1-2H3,(H,18,21)/b10-9+/t11-,12+,13+,15-,17+/m0/s1. The van der Waals surface area contributed by atoms with Crippen LogP contribution in [0.2, 0.25) is 0 Å². The summed E-state index contributed by atoms with van der Waals surface area (Å²) < 4.78 is 5.46. The fourth-order valence-corrected chi connectivity index (χ4v) is 2.97. The average molecular weight is 325 g/mol. The van der Waals surface area contributed by atoms with E-state index in [2.05, 4.69) is 12.2 Å². The molecule has 0 saturated carbocycles. The topological polar surface area (TPSA) is 99.2 Å². The number of hydrogen-bond acceptors (Lipinski definition) is 5. The number of carbonyl (C=O) groups is 2. The quantitative estimate of drug-likeness (QED) is 0.253. The van der Waals surface area contributed by atoms with Crippen molar-refractivity contribution < 1.29 is 24.5 Å². The molecule has 2 saturated heterocycles. The van der Waals surface area contributed by atoms with Crippen LogP contribution < -0.4 is 5.32 Å². The van der Waals surface area contributed by atoms with Crippen LogP contribution >= 0.6 is 0 Å². The average Bonchev–Trinajstić information content (AvgIpc) is 3.24. The number of aliphatic hydroxyl groups is 2. The summed E-state index contributed by atoms with van der Waals surface area (Å²) in [6.07, 6.45) is 8.23. The zero-order valence-electron chi connectivity index (χ0n) is 13.8. The van der Waals surface area contributed by atoms with Crippen LogP contribution in [0, 0.1) is 0 Å². The Kier molecular flexibility index (Phi) is 5.95. The normalized spacial score (nSPS) is 36.4. The molecule has 6 nitrogen and oxygen atoms in total. The van der Waals surface area contributed by atoms with Gasteiger partial charge in [0.15, 0.2) is 5.78 Å². The van der Waals surface area contributed by atoms with Crippen LogP contribution in [0.1, 0.15) is 52.4 Å². The molecule has 2 aliphatic heterocycles. The van der Waals surface area contributed by atoms with E-state index in [1.165, 1.54) is 32.6 Å². The van der Waals surface area contributed by atoms with Gasteiger partial charge in [-0.15, -0.1) is 0 Å². The van der Waals surface area contributed by atoms with Gasteiger partial charge in [0.2, 0.25) is 5.60 Å². The molecule has 0 aromatic carbocycles. The Balaban J connectivity index is 1.76.